The molecule has 0 fully saturated rings. The number of halogens is 1. The minimum absolute atomic E-state index is 0.278. The van der Waals surface area contributed by atoms with Gasteiger partial charge >= 0.3 is 0 Å². The molecule has 0 bridgehead atoms. The number of hydrogen-bond donors (Lipinski definition) is 0. The normalized spacial score (nSPS) is 9.20. The molecule has 0 unspecified atom stereocenters. The van der Waals surface area contributed by atoms with E-state index in [-0.39, 0.29) is 5.88 Å². The molecule has 98 valence electrons. The second kappa shape index (κ2) is 7.19. The van der Waals surface area contributed by atoms with Crippen LogP contribution in [0.1, 0.15) is 16.7 Å². The fraction of sp³-hybridized carbons (Fsp3) is 0.125. The van der Waals surface area contributed by atoms with Gasteiger partial charge in [-0.3, -0.25) is 4.98 Å². The van der Waals surface area contributed by atoms with Crippen molar-refractivity contribution in [1.82, 2.24) is 4.98 Å². The fourth-order valence-corrected chi connectivity index (χ4v) is 1.68. The predicted octanol–water partition coefficient (Wildman–Crippen LogP) is 3.12. The molecule has 0 aliphatic carbocycles. The number of nitriles is 1. The number of benzene rings is 1. The largest absolute Gasteiger partial charge is 0.487 e. The molecule has 0 aliphatic rings. The van der Waals surface area contributed by atoms with Gasteiger partial charge in [-0.15, -0.1) is 11.6 Å². The van der Waals surface area contributed by atoms with E-state index in [2.05, 4.69) is 22.9 Å². The molecule has 0 saturated carbocycles. The molecule has 2 rings (SSSR count). The van der Waals surface area contributed by atoms with Crippen molar-refractivity contribution in [3.05, 3.63) is 59.4 Å². The number of pyridine rings is 1. The van der Waals surface area contributed by atoms with Gasteiger partial charge in [0.2, 0.25) is 0 Å². The first-order valence-corrected chi connectivity index (χ1v) is 6.47. The number of nitrogens with zero attached hydrogens (tertiary/aromatic N) is 2. The first kappa shape index (κ1) is 13.9. The Bertz CT molecular complexity index is 695. The SMILES string of the molecule is N#Cc1ccccc1COc1cncc(C#CCCl)c1. The van der Waals surface area contributed by atoms with Crippen molar-refractivity contribution in [2.45, 2.75) is 6.61 Å². The molecule has 1 heterocycles. The highest BCUT2D eigenvalue weighted by atomic mass is 35.5. The van der Waals surface area contributed by atoms with E-state index in [4.69, 9.17) is 21.6 Å². The zero-order chi connectivity index (χ0) is 14.2. The summed E-state index contributed by atoms with van der Waals surface area (Å²) in [6, 6.07) is 11.3. The molecule has 1 aromatic carbocycles. The molecule has 1 aromatic heterocycles. The zero-order valence-corrected chi connectivity index (χ0v) is 11.4. The van der Waals surface area contributed by atoms with Crippen molar-refractivity contribution in [3.8, 4) is 23.7 Å². The Morgan fingerprint density at radius 3 is 2.90 bits per heavy atom. The molecular formula is C16H11ClN2O. The van der Waals surface area contributed by atoms with Crippen LogP contribution in [-0.4, -0.2) is 10.9 Å². The highest BCUT2D eigenvalue weighted by Crippen LogP contribution is 2.14. The van der Waals surface area contributed by atoms with Gasteiger partial charge in [-0.05, 0) is 12.1 Å². The maximum Gasteiger partial charge on any atom is 0.139 e. The van der Waals surface area contributed by atoms with E-state index in [1.807, 2.05) is 18.2 Å². The van der Waals surface area contributed by atoms with Crippen LogP contribution in [0.2, 0.25) is 0 Å². The monoisotopic (exact) mass is 282 g/mol. The first-order chi connectivity index (χ1) is 9.83. The molecule has 2 aromatic rings. The van der Waals surface area contributed by atoms with Crippen molar-refractivity contribution in [2.24, 2.45) is 0 Å². The summed E-state index contributed by atoms with van der Waals surface area (Å²) < 4.78 is 5.64. The van der Waals surface area contributed by atoms with Gasteiger partial charge in [-0.2, -0.15) is 5.26 Å². The number of rotatable bonds is 3. The van der Waals surface area contributed by atoms with Gasteiger partial charge in [0, 0.05) is 17.3 Å². The maximum absolute atomic E-state index is 9.01. The lowest BCUT2D eigenvalue weighted by molar-refractivity contribution is 0.304. The van der Waals surface area contributed by atoms with E-state index in [0.717, 1.165) is 11.1 Å². The molecule has 0 amide bonds. The molecular weight excluding hydrogens is 272 g/mol. The van der Waals surface area contributed by atoms with E-state index in [1.165, 1.54) is 0 Å². The lowest BCUT2D eigenvalue weighted by atomic mass is 10.1. The van der Waals surface area contributed by atoms with Crippen LogP contribution in [0.4, 0.5) is 0 Å². The van der Waals surface area contributed by atoms with E-state index >= 15 is 0 Å². The number of hydrogen-bond acceptors (Lipinski definition) is 3. The summed E-state index contributed by atoms with van der Waals surface area (Å²) in [5, 5.41) is 9.01. The molecule has 0 atom stereocenters. The average molecular weight is 283 g/mol. The van der Waals surface area contributed by atoms with E-state index in [9.17, 15) is 0 Å². The highest BCUT2D eigenvalue weighted by molar-refractivity contribution is 6.19. The molecule has 0 radical (unpaired) electrons. The lowest BCUT2D eigenvalue weighted by Gasteiger charge is -2.07. The Morgan fingerprint density at radius 1 is 1.25 bits per heavy atom. The summed E-state index contributed by atoms with van der Waals surface area (Å²) in [6.07, 6.45) is 3.26. The van der Waals surface area contributed by atoms with Crippen molar-refractivity contribution in [1.29, 1.82) is 5.26 Å². The lowest BCUT2D eigenvalue weighted by Crippen LogP contribution is -1.98. The Kier molecular flexibility index (Phi) is 5.00. The highest BCUT2D eigenvalue weighted by Gasteiger charge is 2.02. The molecule has 0 aliphatic heterocycles. The molecule has 0 spiro atoms. The number of ether oxygens (including phenoxy) is 1. The van der Waals surface area contributed by atoms with Gasteiger partial charge < -0.3 is 4.74 Å². The molecule has 0 N–H and O–H groups in total. The number of alkyl halides is 1. The van der Waals surface area contributed by atoms with E-state index < -0.39 is 0 Å². The van der Waals surface area contributed by atoms with Crippen LogP contribution in [-0.2, 0) is 6.61 Å². The molecule has 4 heteroatoms. The van der Waals surface area contributed by atoms with Gasteiger partial charge in [0.25, 0.3) is 0 Å². The topological polar surface area (TPSA) is 45.9 Å². The summed E-state index contributed by atoms with van der Waals surface area (Å²) in [7, 11) is 0. The zero-order valence-electron chi connectivity index (χ0n) is 10.6. The average Bonchev–Trinajstić information content (AvgIpc) is 2.51. The van der Waals surface area contributed by atoms with E-state index in [0.29, 0.717) is 17.9 Å². The van der Waals surface area contributed by atoms with Crippen LogP contribution in [0.5, 0.6) is 5.75 Å². The fourth-order valence-electron chi connectivity index (χ4n) is 1.62. The van der Waals surface area contributed by atoms with Gasteiger partial charge in [-0.25, -0.2) is 0 Å². The Hall–Kier alpha value is -2.49. The van der Waals surface area contributed by atoms with Crippen LogP contribution in [0.15, 0.2) is 42.7 Å². The molecule has 3 nitrogen and oxygen atoms in total. The molecule has 20 heavy (non-hydrogen) atoms. The summed E-state index contributed by atoms with van der Waals surface area (Å²) in [5.74, 6) is 6.53. The van der Waals surface area contributed by atoms with Gasteiger partial charge in [0.1, 0.15) is 12.4 Å². The second-order valence-corrected chi connectivity index (χ2v) is 4.17. The van der Waals surface area contributed by atoms with Gasteiger partial charge in [0.05, 0.1) is 23.7 Å². The maximum atomic E-state index is 9.01. The minimum atomic E-state index is 0.278. The second-order valence-electron chi connectivity index (χ2n) is 3.90. The van der Waals surface area contributed by atoms with Crippen molar-refractivity contribution < 1.29 is 4.74 Å². The van der Waals surface area contributed by atoms with Crippen molar-refractivity contribution >= 4 is 11.6 Å². The summed E-state index contributed by atoms with van der Waals surface area (Å²) in [4.78, 5) is 4.06. The Morgan fingerprint density at radius 2 is 2.10 bits per heavy atom. The van der Waals surface area contributed by atoms with Crippen LogP contribution < -0.4 is 4.74 Å². The van der Waals surface area contributed by atoms with E-state index in [1.54, 1.807) is 24.5 Å². The Labute approximate surface area is 122 Å². The molecule has 0 saturated heterocycles. The standard InChI is InChI=1S/C16H11ClN2O/c17-7-3-4-13-8-16(11-19-10-13)20-12-15-6-2-1-5-14(15)9-18/h1-2,5-6,8,10-11H,7,12H2. The van der Waals surface area contributed by atoms with Gasteiger partial charge in [-0.1, -0.05) is 30.0 Å². The van der Waals surface area contributed by atoms with Gasteiger partial charge in [0.15, 0.2) is 0 Å². The van der Waals surface area contributed by atoms with Crippen LogP contribution in [0.3, 0.4) is 0 Å². The Balaban J connectivity index is 2.09. The predicted molar refractivity (Wildman–Crippen MR) is 77.3 cm³/mol. The third kappa shape index (κ3) is 3.75. The van der Waals surface area contributed by atoms with Crippen molar-refractivity contribution in [3.63, 3.8) is 0 Å². The summed E-state index contributed by atoms with van der Waals surface area (Å²) >= 11 is 5.51. The summed E-state index contributed by atoms with van der Waals surface area (Å²) in [5.41, 5.74) is 2.20. The third-order valence-corrected chi connectivity index (χ3v) is 2.68. The smallest absolute Gasteiger partial charge is 0.139 e. The van der Waals surface area contributed by atoms with Crippen LogP contribution in [0, 0.1) is 23.2 Å². The quantitative estimate of drug-likeness (QED) is 0.642. The summed E-state index contributed by atoms with van der Waals surface area (Å²) in [6.45, 7) is 0.317. The minimum Gasteiger partial charge on any atom is -0.487 e. The third-order valence-electron chi connectivity index (χ3n) is 2.54. The number of aromatic nitrogens is 1. The van der Waals surface area contributed by atoms with Crippen LogP contribution in [0.25, 0.3) is 0 Å². The van der Waals surface area contributed by atoms with Crippen LogP contribution >= 0.6 is 11.6 Å². The first-order valence-electron chi connectivity index (χ1n) is 5.94. The van der Waals surface area contributed by atoms with Crippen molar-refractivity contribution in [2.75, 3.05) is 5.88 Å².